The van der Waals surface area contributed by atoms with E-state index < -0.39 is 5.82 Å². The van der Waals surface area contributed by atoms with Gasteiger partial charge in [-0.05, 0) is 31.3 Å². The minimum Gasteiger partial charge on any atom is -0.475 e. The van der Waals surface area contributed by atoms with Crippen LogP contribution in [0.5, 0.6) is 5.88 Å². The number of nitrogen functional groups attached to an aromatic ring is 1. The first-order chi connectivity index (χ1) is 10.5. The van der Waals surface area contributed by atoms with Crippen molar-refractivity contribution < 1.29 is 9.13 Å². The van der Waals surface area contributed by atoms with E-state index in [9.17, 15) is 4.39 Å². The van der Waals surface area contributed by atoms with Crippen molar-refractivity contribution in [3.05, 3.63) is 35.1 Å². The van der Waals surface area contributed by atoms with E-state index in [-0.39, 0.29) is 11.4 Å². The Hall–Kier alpha value is -1.92. The van der Waals surface area contributed by atoms with E-state index in [1.807, 2.05) is 0 Å². The van der Waals surface area contributed by atoms with Gasteiger partial charge in [0, 0.05) is 29.6 Å². The number of nitrogens with zero attached hydrogens (tertiary/aromatic N) is 3. The third-order valence-corrected chi connectivity index (χ3v) is 3.82. The number of rotatable bonds is 4. The van der Waals surface area contributed by atoms with Gasteiger partial charge in [0.05, 0.1) is 18.0 Å². The molecule has 0 spiro atoms. The first-order valence-electron chi connectivity index (χ1n) is 6.93. The normalized spacial score (nSPS) is 15.6. The molecule has 22 heavy (non-hydrogen) atoms. The van der Waals surface area contributed by atoms with E-state index in [2.05, 4.69) is 22.1 Å². The van der Waals surface area contributed by atoms with Crippen LogP contribution in [0.3, 0.4) is 0 Å². The maximum atomic E-state index is 13.8. The van der Waals surface area contributed by atoms with Gasteiger partial charge < -0.3 is 15.4 Å². The van der Waals surface area contributed by atoms with Crippen LogP contribution < -0.4 is 10.5 Å². The fourth-order valence-electron chi connectivity index (χ4n) is 2.46. The van der Waals surface area contributed by atoms with Gasteiger partial charge in [-0.15, -0.1) is 10.2 Å². The molecule has 5 nitrogen and oxygen atoms in total. The summed E-state index contributed by atoms with van der Waals surface area (Å²) in [5.74, 6) is 0.335. The Bertz CT molecular complexity index is 691. The molecule has 1 aliphatic heterocycles. The van der Waals surface area contributed by atoms with Gasteiger partial charge in [0.2, 0.25) is 0 Å². The lowest BCUT2D eigenvalue weighted by atomic mass is 10.0. The van der Waals surface area contributed by atoms with E-state index in [1.54, 1.807) is 6.07 Å². The van der Waals surface area contributed by atoms with Crippen molar-refractivity contribution in [2.45, 2.75) is 0 Å². The van der Waals surface area contributed by atoms with Crippen LogP contribution in [0.4, 0.5) is 10.1 Å². The monoisotopic (exact) mass is 322 g/mol. The molecule has 0 atom stereocenters. The second-order valence-corrected chi connectivity index (χ2v) is 5.95. The highest BCUT2D eigenvalue weighted by Gasteiger charge is 2.24. The number of hydrogen-bond acceptors (Lipinski definition) is 5. The van der Waals surface area contributed by atoms with Gasteiger partial charge >= 0.3 is 0 Å². The van der Waals surface area contributed by atoms with E-state index in [0.29, 0.717) is 28.9 Å². The number of likely N-dealkylation sites (tertiary alicyclic amines) is 1. The molecular weight excluding hydrogens is 307 g/mol. The highest BCUT2D eigenvalue weighted by Crippen LogP contribution is 2.28. The SMILES string of the molecule is CN1CC(COc2nnc(-c3cc(Cl)ccc3F)cc2N)C1. The summed E-state index contributed by atoms with van der Waals surface area (Å²) in [7, 11) is 2.05. The molecule has 0 radical (unpaired) electrons. The van der Waals surface area contributed by atoms with Crippen LogP contribution >= 0.6 is 11.6 Å². The summed E-state index contributed by atoms with van der Waals surface area (Å²) in [6.45, 7) is 2.55. The molecule has 1 aromatic heterocycles. The molecule has 2 heterocycles. The summed E-state index contributed by atoms with van der Waals surface area (Å²) in [5, 5.41) is 8.36. The number of ether oxygens (including phenoxy) is 1. The molecular formula is C15H16ClFN4O. The van der Waals surface area contributed by atoms with Gasteiger partial charge in [-0.1, -0.05) is 11.6 Å². The second kappa shape index (κ2) is 6.06. The Morgan fingerprint density at radius 2 is 2.14 bits per heavy atom. The fraction of sp³-hybridized carbons (Fsp3) is 0.333. The zero-order valence-corrected chi connectivity index (χ0v) is 12.8. The topological polar surface area (TPSA) is 64.3 Å². The molecule has 0 saturated carbocycles. The molecule has 2 aromatic rings. The van der Waals surface area contributed by atoms with Crippen LogP contribution in [0.25, 0.3) is 11.3 Å². The molecule has 1 aromatic carbocycles. The summed E-state index contributed by atoms with van der Waals surface area (Å²) < 4.78 is 19.4. The molecule has 1 aliphatic rings. The molecule has 0 aliphatic carbocycles. The summed E-state index contributed by atoms with van der Waals surface area (Å²) >= 11 is 5.88. The van der Waals surface area contributed by atoms with Crippen molar-refractivity contribution in [1.82, 2.24) is 15.1 Å². The largest absolute Gasteiger partial charge is 0.475 e. The van der Waals surface area contributed by atoms with E-state index in [4.69, 9.17) is 22.1 Å². The van der Waals surface area contributed by atoms with Crippen LogP contribution in [0.15, 0.2) is 24.3 Å². The lowest BCUT2D eigenvalue weighted by Gasteiger charge is -2.35. The van der Waals surface area contributed by atoms with Crippen molar-refractivity contribution in [2.75, 3.05) is 32.5 Å². The quantitative estimate of drug-likeness (QED) is 0.936. The second-order valence-electron chi connectivity index (χ2n) is 5.51. The summed E-state index contributed by atoms with van der Waals surface area (Å²) in [5.41, 5.74) is 6.85. The van der Waals surface area contributed by atoms with Crippen molar-refractivity contribution in [3.8, 4) is 17.1 Å². The maximum absolute atomic E-state index is 13.8. The van der Waals surface area contributed by atoms with E-state index in [0.717, 1.165) is 13.1 Å². The molecule has 0 unspecified atom stereocenters. The van der Waals surface area contributed by atoms with Crippen LogP contribution in [0, 0.1) is 11.7 Å². The predicted molar refractivity (Wildman–Crippen MR) is 83.3 cm³/mol. The van der Waals surface area contributed by atoms with E-state index in [1.165, 1.54) is 18.2 Å². The third-order valence-electron chi connectivity index (χ3n) is 3.59. The van der Waals surface area contributed by atoms with Gasteiger partial charge in [-0.25, -0.2) is 4.39 Å². The van der Waals surface area contributed by atoms with Crippen LogP contribution in [0.2, 0.25) is 5.02 Å². The number of benzene rings is 1. The number of nitrogens with two attached hydrogens (primary N) is 1. The Morgan fingerprint density at radius 3 is 2.82 bits per heavy atom. The third kappa shape index (κ3) is 3.13. The highest BCUT2D eigenvalue weighted by molar-refractivity contribution is 6.30. The van der Waals surface area contributed by atoms with Crippen molar-refractivity contribution in [2.24, 2.45) is 5.92 Å². The van der Waals surface area contributed by atoms with Crippen molar-refractivity contribution in [3.63, 3.8) is 0 Å². The number of anilines is 1. The number of hydrogen-bond donors (Lipinski definition) is 1. The van der Waals surface area contributed by atoms with Crippen LogP contribution in [-0.2, 0) is 0 Å². The number of aromatic nitrogens is 2. The van der Waals surface area contributed by atoms with Crippen molar-refractivity contribution >= 4 is 17.3 Å². The molecule has 0 amide bonds. The summed E-state index contributed by atoms with van der Waals surface area (Å²) in [6, 6.07) is 5.80. The molecule has 0 bridgehead atoms. The van der Waals surface area contributed by atoms with Gasteiger partial charge in [-0.2, -0.15) is 0 Å². The molecule has 3 rings (SSSR count). The van der Waals surface area contributed by atoms with Crippen LogP contribution in [0.1, 0.15) is 0 Å². The molecule has 116 valence electrons. The molecule has 7 heteroatoms. The summed E-state index contributed by atoms with van der Waals surface area (Å²) in [6.07, 6.45) is 0. The molecule has 1 fully saturated rings. The number of halogens is 2. The fourth-order valence-corrected chi connectivity index (χ4v) is 2.63. The van der Waals surface area contributed by atoms with Gasteiger partial charge in [0.15, 0.2) is 0 Å². The Balaban J connectivity index is 1.75. The smallest absolute Gasteiger partial charge is 0.256 e. The molecule has 2 N–H and O–H groups in total. The highest BCUT2D eigenvalue weighted by atomic mass is 35.5. The van der Waals surface area contributed by atoms with Gasteiger partial charge in [0.25, 0.3) is 5.88 Å². The average Bonchev–Trinajstić information content (AvgIpc) is 2.46. The average molecular weight is 323 g/mol. The Kier molecular flexibility index (Phi) is 4.13. The maximum Gasteiger partial charge on any atom is 0.256 e. The van der Waals surface area contributed by atoms with Crippen molar-refractivity contribution in [1.29, 1.82) is 0 Å². The Morgan fingerprint density at radius 1 is 1.36 bits per heavy atom. The first-order valence-corrected chi connectivity index (χ1v) is 7.30. The first kappa shape index (κ1) is 15.0. The predicted octanol–water partition coefficient (Wildman–Crippen LogP) is 2.46. The van der Waals surface area contributed by atoms with Crippen LogP contribution in [-0.4, -0.2) is 41.8 Å². The lowest BCUT2D eigenvalue weighted by Crippen LogP contribution is -2.46. The standard InChI is InChI=1S/C15H16ClFN4O/c1-21-6-9(7-21)8-22-15-13(18)5-14(19-20-15)11-4-10(16)2-3-12(11)17/h2-5,9H,6-8H2,1H3,(H2,18,19). The summed E-state index contributed by atoms with van der Waals surface area (Å²) in [4.78, 5) is 2.20. The molecule has 1 saturated heterocycles. The van der Waals surface area contributed by atoms with E-state index >= 15 is 0 Å². The minimum absolute atomic E-state index is 0.263. The lowest BCUT2D eigenvalue weighted by molar-refractivity contribution is 0.0838. The zero-order chi connectivity index (χ0) is 15.7. The zero-order valence-electron chi connectivity index (χ0n) is 12.1. The van der Waals surface area contributed by atoms with Gasteiger partial charge in [-0.3, -0.25) is 0 Å². The minimum atomic E-state index is -0.427. The van der Waals surface area contributed by atoms with Gasteiger partial charge in [0.1, 0.15) is 5.82 Å². The Labute approximate surface area is 132 Å².